The number of rotatable bonds is 3. The van der Waals surface area contributed by atoms with E-state index in [1.54, 1.807) is 24.5 Å². The van der Waals surface area contributed by atoms with Gasteiger partial charge in [-0.3, -0.25) is 10.1 Å². The van der Waals surface area contributed by atoms with E-state index >= 15 is 0 Å². The summed E-state index contributed by atoms with van der Waals surface area (Å²) in [5, 5.41) is 7.44. The van der Waals surface area contributed by atoms with E-state index in [0.717, 1.165) is 28.0 Å². The lowest BCUT2D eigenvalue weighted by Crippen LogP contribution is -1.88. The van der Waals surface area contributed by atoms with Crippen molar-refractivity contribution in [3.8, 4) is 34.0 Å². The second kappa shape index (κ2) is 6.81. The van der Waals surface area contributed by atoms with Crippen LogP contribution in [0.1, 0.15) is 0 Å². The van der Waals surface area contributed by atoms with Crippen LogP contribution in [0.4, 0.5) is 4.39 Å². The van der Waals surface area contributed by atoms with Crippen LogP contribution >= 0.6 is 0 Å². The van der Waals surface area contributed by atoms with Gasteiger partial charge in [0.1, 0.15) is 16.9 Å². The van der Waals surface area contributed by atoms with Gasteiger partial charge in [0, 0.05) is 18.0 Å². The molecule has 0 bridgehead atoms. The van der Waals surface area contributed by atoms with Crippen LogP contribution in [0.5, 0.6) is 0 Å². The summed E-state index contributed by atoms with van der Waals surface area (Å²) in [4.78, 5) is 21.5. The Balaban J connectivity index is 1.51. The van der Waals surface area contributed by atoms with Gasteiger partial charge < -0.3 is 4.98 Å². The van der Waals surface area contributed by atoms with E-state index in [2.05, 4.69) is 25.1 Å². The fraction of sp³-hybridized carbons (Fsp3) is 0. The summed E-state index contributed by atoms with van der Waals surface area (Å²) >= 11 is 0. The van der Waals surface area contributed by atoms with Gasteiger partial charge in [-0.05, 0) is 48.0 Å². The van der Waals surface area contributed by atoms with Gasteiger partial charge in [0.05, 0.1) is 16.9 Å². The average molecular weight is 407 g/mol. The predicted octanol–water partition coefficient (Wildman–Crippen LogP) is 4.76. The summed E-state index contributed by atoms with van der Waals surface area (Å²) in [5.74, 6) is 0.267. The Labute approximate surface area is 175 Å². The third kappa shape index (κ3) is 2.93. The number of nitrogens with zero attached hydrogens (tertiary/aromatic N) is 5. The first kappa shape index (κ1) is 17.4. The predicted molar refractivity (Wildman–Crippen MR) is 115 cm³/mol. The molecular weight excluding hydrogens is 393 g/mol. The van der Waals surface area contributed by atoms with Crippen molar-refractivity contribution in [1.29, 1.82) is 0 Å². The molecule has 2 N–H and O–H groups in total. The molecule has 6 aromatic rings. The quantitative estimate of drug-likeness (QED) is 0.441. The average Bonchev–Trinajstić information content (AvgIpc) is 3.43. The summed E-state index contributed by atoms with van der Waals surface area (Å²) in [6.45, 7) is 0. The summed E-state index contributed by atoms with van der Waals surface area (Å²) < 4.78 is 13.4. The highest BCUT2D eigenvalue weighted by Gasteiger charge is 2.17. The van der Waals surface area contributed by atoms with Crippen LogP contribution in [0, 0.1) is 5.82 Å². The van der Waals surface area contributed by atoms with Crippen molar-refractivity contribution >= 4 is 22.2 Å². The molecule has 0 saturated heterocycles. The van der Waals surface area contributed by atoms with Gasteiger partial charge in [0.25, 0.3) is 0 Å². The van der Waals surface area contributed by atoms with E-state index in [0.29, 0.717) is 28.2 Å². The van der Waals surface area contributed by atoms with Gasteiger partial charge in [0.15, 0.2) is 17.2 Å². The van der Waals surface area contributed by atoms with Crippen molar-refractivity contribution in [2.45, 2.75) is 0 Å². The lowest BCUT2D eigenvalue weighted by Gasteiger charge is -2.01. The zero-order valence-electron chi connectivity index (χ0n) is 16.0. The number of aromatic nitrogens is 7. The molecule has 0 aliphatic rings. The zero-order chi connectivity index (χ0) is 20.8. The molecule has 0 aliphatic heterocycles. The molecule has 5 aromatic heterocycles. The number of halogens is 1. The first-order chi connectivity index (χ1) is 15.3. The summed E-state index contributed by atoms with van der Waals surface area (Å²) in [6.07, 6.45) is 3.43. The topological polar surface area (TPSA) is 96.0 Å². The Morgan fingerprint density at radius 1 is 0.742 bits per heavy atom. The Morgan fingerprint density at radius 3 is 2.48 bits per heavy atom. The van der Waals surface area contributed by atoms with E-state index in [9.17, 15) is 4.39 Å². The Hall–Kier alpha value is -4.46. The SMILES string of the molecule is Fc1ccc(-c2ccnc3[nH]c(-c4n[nH]c5ccc(-c6ccccn6)nc45)nc23)cc1. The number of hydrogen-bond donors (Lipinski definition) is 2. The van der Waals surface area contributed by atoms with Gasteiger partial charge >= 0.3 is 0 Å². The number of pyridine rings is 3. The highest BCUT2D eigenvalue weighted by molar-refractivity contribution is 5.94. The second-order valence-corrected chi connectivity index (χ2v) is 7.03. The van der Waals surface area contributed by atoms with Gasteiger partial charge in [0.2, 0.25) is 0 Å². The molecular formula is C23H14FN7. The van der Waals surface area contributed by atoms with E-state index < -0.39 is 0 Å². The van der Waals surface area contributed by atoms with Crippen molar-refractivity contribution in [1.82, 2.24) is 35.1 Å². The molecule has 0 amide bonds. The van der Waals surface area contributed by atoms with Crippen molar-refractivity contribution in [3.05, 3.63) is 78.9 Å². The minimum absolute atomic E-state index is 0.283. The maximum atomic E-state index is 13.4. The molecule has 6 rings (SSSR count). The van der Waals surface area contributed by atoms with Crippen molar-refractivity contribution in [2.24, 2.45) is 0 Å². The third-order valence-electron chi connectivity index (χ3n) is 5.10. The number of H-pyrrole nitrogens is 2. The Morgan fingerprint density at radius 2 is 1.65 bits per heavy atom. The van der Waals surface area contributed by atoms with Crippen LogP contribution in [0.15, 0.2) is 73.1 Å². The molecule has 7 nitrogen and oxygen atoms in total. The molecule has 148 valence electrons. The highest BCUT2D eigenvalue weighted by Crippen LogP contribution is 2.30. The smallest absolute Gasteiger partial charge is 0.162 e. The van der Waals surface area contributed by atoms with Crippen molar-refractivity contribution < 1.29 is 4.39 Å². The molecule has 1 aromatic carbocycles. The van der Waals surface area contributed by atoms with Crippen LogP contribution in [0.2, 0.25) is 0 Å². The summed E-state index contributed by atoms with van der Waals surface area (Å²) in [5.41, 5.74) is 6.61. The number of hydrogen-bond acceptors (Lipinski definition) is 5. The molecule has 0 saturated carbocycles. The number of benzene rings is 1. The minimum Gasteiger partial charge on any atom is -0.321 e. The van der Waals surface area contributed by atoms with Crippen LogP contribution in [-0.4, -0.2) is 35.1 Å². The molecule has 0 spiro atoms. The van der Waals surface area contributed by atoms with Crippen LogP contribution < -0.4 is 0 Å². The van der Waals surface area contributed by atoms with E-state index in [-0.39, 0.29) is 5.82 Å². The lowest BCUT2D eigenvalue weighted by molar-refractivity contribution is 0.628. The molecule has 0 aliphatic carbocycles. The Kier molecular flexibility index (Phi) is 3.82. The number of imidazole rings is 1. The monoisotopic (exact) mass is 407 g/mol. The van der Waals surface area contributed by atoms with E-state index in [1.807, 2.05) is 36.4 Å². The van der Waals surface area contributed by atoms with Gasteiger partial charge in [-0.2, -0.15) is 5.10 Å². The number of nitrogens with one attached hydrogen (secondary N) is 2. The first-order valence-electron chi connectivity index (χ1n) is 9.64. The van der Waals surface area contributed by atoms with Crippen LogP contribution in [0.3, 0.4) is 0 Å². The van der Waals surface area contributed by atoms with Crippen LogP contribution in [0.25, 0.3) is 56.2 Å². The summed E-state index contributed by atoms with van der Waals surface area (Å²) in [7, 11) is 0. The third-order valence-corrected chi connectivity index (χ3v) is 5.10. The van der Waals surface area contributed by atoms with E-state index in [4.69, 9.17) is 9.97 Å². The molecule has 31 heavy (non-hydrogen) atoms. The molecule has 0 unspecified atom stereocenters. The normalized spacial score (nSPS) is 11.4. The maximum absolute atomic E-state index is 13.4. The van der Waals surface area contributed by atoms with Gasteiger partial charge in [-0.25, -0.2) is 19.3 Å². The first-order valence-corrected chi connectivity index (χ1v) is 9.64. The van der Waals surface area contributed by atoms with Crippen molar-refractivity contribution in [3.63, 3.8) is 0 Å². The summed E-state index contributed by atoms with van der Waals surface area (Å²) in [6, 6.07) is 17.7. The Bertz CT molecular complexity index is 1540. The minimum atomic E-state index is -0.283. The highest BCUT2D eigenvalue weighted by atomic mass is 19.1. The fourth-order valence-electron chi connectivity index (χ4n) is 3.61. The number of fused-ring (bicyclic) bond motifs is 2. The fourth-order valence-corrected chi connectivity index (χ4v) is 3.61. The molecule has 5 heterocycles. The lowest BCUT2D eigenvalue weighted by atomic mass is 10.1. The maximum Gasteiger partial charge on any atom is 0.162 e. The molecule has 0 fully saturated rings. The zero-order valence-corrected chi connectivity index (χ0v) is 16.0. The molecule has 0 radical (unpaired) electrons. The van der Waals surface area contributed by atoms with Gasteiger partial charge in [-0.1, -0.05) is 18.2 Å². The largest absolute Gasteiger partial charge is 0.321 e. The van der Waals surface area contributed by atoms with Crippen LogP contribution in [-0.2, 0) is 0 Å². The second-order valence-electron chi connectivity index (χ2n) is 7.03. The standard InChI is InChI=1S/C23H14FN7/c24-14-6-4-13(5-7-14)15-10-12-26-22-19(15)28-23(29-22)21-20-18(30-31-21)9-8-17(27-20)16-3-1-2-11-25-16/h1-12H,(H,30,31)(H,26,28,29). The number of aromatic amines is 2. The molecule has 0 atom stereocenters. The van der Waals surface area contributed by atoms with E-state index in [1.165, 1.54) is 12.1 Å². The molecule has 8 heteroatoms. The van der Waals surface area contributed by atoms with Gasteiger partial charge in [-0.15, -0.1) is 0 Å². The van der Waals surface area contributed by atoms with Crippen molar-refractivity contribution in [2.75, 3.05) is 0 Å².